The van der Waals surface area contributed by atoms with E-state index in [9.17, 15) is 4.79 Å². The monoisotopic (exact) mass is 411 g/mol. The zero-order valence-corrected chi connectivity index (χ0v) is 17.6. The fourth-order valence-electron chi connectivity index (χ4n) is 4.02. The van der Waals surface area contributed by atoms with Gasteiger partial charge in [-0.2, -0.15) is 0 Å². The summed E-state index contributed by atoms with van der Waals surface area (Å²) in [7, 11) is 0. The van der Waals surface area contributed by atoms with Crippen LogP contribution in [0.25, 0.3) is 27.6 Å². The third-order valence-corrected chi connectivity index (χ3v) is 6.15. The van der Waals surface area contributed by atoms with Gasteiger partial charge in [-0.15, -0.1) is 11.8 Å². The number of carbonyl (C=O) groups excluding carboxylic acids is 1. The SMILES string of the molecule is CCOC(=O)C=C1CCCn2c1c(-c1ccc(Cl)cc1)c1c(SC)cccc12. The molecule has 1 aliphatic heterocycles. The van der Waals surface area contributed by atoms with Gasteiger partial charge in [0.1, 0.15) is 0 Å². The van der Waals surface area contributed by atoms with Crippen molar-refractivity contribution in [3.63, 3.8) is 0 Å². The number of nitrogens with zero attached hydrogens (tertiary/aromatic N) is 1. The average Bonchev–Trinajstić information content (AvgIpc) is 3.04. The second kappa shape index (κ2) is 8.06. The number of benzene rings is 2. The second-order valence-corrected chi connectivity index (χ2v) is 8.05. The Bertz CT molecular complexity index is 1070. The Labute approximate surface area is 174 Å². The summed E-state index contributed by atoms with van der Waals surface area (Å²) in [6.07, 6.45) is 5.65. The number of fused-ring (bicyclic) bond motifs is 3. The molecule has 1 aliphatic rings. The zero-order chi connectivity index (χ0) is 19.7. The predicted octanol–water partition coefficient (Wildman–Crippen LogP) is 6.42. The summed E-state index contributed by atoms with van der Waals surface area (Å²) >= 11 is 7.89. The Morgan fingerprint density at radius 1 is 1.25 bits per heavy atom. The van der Waals surface area contributed by atoms with Gasteiger partial charge in [-0.1, -0.05) is 29.8 Å². The summed E-state index contributed by atoms with van der Waals surface area (Å²) in [6, 6.07) is 14.4. The molecule has 2 aromatic carbocycles. The number of rotatable bonds is 4. The minimum atomic E-state index is -0.275. The molecule has 1 aromatic heterocycles. The Kier molecular flexibility index (Phi) is 5.51. The van der Waals surface area contributed by atoms with E-state index in [4.69, 9.17) is 16.3 Å². The number of ether oxygens (including phenoxy) is 1. The third-order valence-electron chi connectivity index (χ3n) is 5.12. The molecule has 3 nitrogen and oxygen atoms in total. The topological polar surface area (TPSA) is 31.2 Å². The van der Waals surface area contributed by atoms with E-state index < -0.39 is 0 Å². The largest absolute Gasteiger partial charge is 0.463 e. The lowest BCUT2D eigenvalue weighted by molar-refractivity contribution is -0.137. The van der Waals surface area contributed by atoms with Crippen LogP contribution in [0, 0.1) is 0 Å². The summed E-state index contributed by atoms with van der Waals surface area (Å²) in [6.45, 7) is 3.15. The molecule has 0 bridgehead atoms. The first-order chi connectivity index (χ1) is 13.6. The molecule has 0 fully saturated rings. The van der Waals surface area contributed by atoms with E-state index >= 15 is 0 Å². The van der Waals surface area contributed by atoms with Gasteiger partial charge < -0.3 is 9.30 Å². The summed E-state index contributed by atoms with van der Waals surface area (Å²) < 4.78 is 7.55. The van der Waals surface area contributed by atoms with Crippen LogP contribution in [0.5, 0.6) is 0 Å². The van der Waals surface area contributed by atoms with Crippen LogP contribution in [0.15, 0.2) is 53.4 Å². The van der Waals surface area contributed by atoms with Gasteiger partial charge in [0.15, 0.2) is 0 Å². The maximum atomic E-state index is 12.2. The van der Waals surface area contributed by atoms with E-state index in [0.29, 0.717) is 11.6 Å². The molecule has 0 atom stereocenters. The lowest BCUT2D eigenvalue weighted by atomic mass is 9.94. The highest BCUT2D eigenvalue weighted by atomic mass is 35.5. The van der Waals surface area contributed by atoms with E-state index in [1.165, 1.54) is 21.4 Å². The first-order valence-electron chi connectivity index (χ1n) is 9.47. The molecule has 3 aromatic rings. The van der Waals surface area contributed by atoms with Crippen molar-refractivity contribution in [3.8, 4) is 11.1 Å². The van der Waals surface area contributed by atoms with Crippen LogP contribution in [0.3, 0.4) is 0 Å². The van der Waals surface area contributed by atoms with Gasteiger partial charge in [0.2, 0.25) is 0 Å². The van der Waals surface area contributed by atoms with Crippen LogP contribution in [-0.4, -0.2) is 23.4 Å². The Hall–Kier alpha value is -2.17. The maximum Gasteiger partial charge on any atom is 0.331 e. The number of aryl methyl sites for hydroxylation is 1. The minimum absolute atomic E-state index is 0.275. The first kappa shape index (κ1) is 19.2. The average molecular weight is 412 g/mol. The normalized spacial score (nSPS) is 15.0. The molecule has 0 spiro atoms. The van der Waals surface area contributed by atoms with Crippen molar-refractivity contribution in [3.05, 3.63) is 59.3 Å². The molecule has 0 amide bonds. The molecule has 0 aliphatic carbocycles. The molecule has 0 saturated heterocycles. The van der Waals surface area contributed by atoms with Crippen molar-refractivity contribution in [2.75, 3.05) is 12.9 Å². The summed E-state index contributed by atoms with van der Waals surface area (Å²) in [5, 5.41) is 1.96. The lowest BCUT2D eigenvalue weighted by Gasteiger charge is -2.21. The fourth-order valence-corrected chi connectivity index (χ4v) is 4.77. The Morgan fingerprint density at radius 3 is 2.75 bits per heavy atom. The highest BCUT2D eigenvalue weighted by molar-refractivity contribution is 7.98. The molecule has 0 saturated carbocycles. The molecule has 0 radical (unpaired) electrons. The molecule has 0 N–H and O–H groups in total. The minimum Gasteiger partial charge on any atom is -0.463 e. The third kappa shape index (κ3) is 3.36. The molecular formula is C23H22ClNO2S. The Balaban J connectivity index is 2.05. The molecule has 144 valence electrons. The van der Waals surface area contributed by atoms with Gasteiger partial charge in [0.25, 0.3) is 0 Å². The van der Waals surface area contributed by atoms with Crippen LogP contribution in [0.2, 0.25) is 5.02 Å². The van der Waals surface area contributed by atoms with Crippen LogP contribution < -0.4 is 0 Å². The second-order valence-electron chi connectivity index (χ2n) is 6.76. The van der Waals surface area contributed by atoms with E-state index in [1.54, 1.807) is 17.8 Å². The van der Waals surface area contributed by atoms with Crippen molar-refractivity contribution in [1.82, 2.24) is 4.57 Å². The predicted molar refractivity (Wildman–Crippen MR) is 118 cm³/mol. The van der Waals surface area contributed by atoms with Crippen molar-refractivity contribution >= 4 is 45.8 Å². The van der Waals surface area contributed by atoms with Gasteiger partial charge in [0, 0.05) is 33.5 Å². The van der Waals surface area contributed by atoms with Crippen LogP contribution in [0.4, 0.5) is 0 Å². The molecule has 5 heteroatoms. The van der Waals surface area contributed by atoms with Crippen molar-refractivity contribution < 1.29 is 9.53 Å². The number of halogens is 1. The number of aromatic nitrogens is 1. The van der Waals surface area contributed by atoms with E-state index in [-0.39, 0.29) is 5.97 Å². The standard InChI is InChI=1S/C23H22ClNO2S/c1-3-27-20(26)14-16-6-5-13-25-18-7-4-8-19(28-2)22(18)21(23(16)25)15-9-11-17(24)12-10-15/h4,7-12,14H,3,5-6,13H2,1-2H3. The number of thioether (sulfide) groups is 1. The zero-order valence-electron chi connectivity index (χ0n) is 16.0. The number of allylic oxidation sites excluding steroid dienone is 1. The summed E-state index contributed by atoms with van der Waals surface area (Å²) in [5.41, 5.74) is 5.66. The van der Waals surface area contributed by atoms with Crippen molar-refractivity contribution in [1.29, 1.82) is 0 Å². The van der Waals surface area contributed by atoms with Gasteiger partial charge in [-0.05, 0) is 61.4 Å². The van der Waals surface area contributed by atoms with Gasteiger partial charge in [-0.3, -0.25) is 0 Å². The number of hydrogen-bond donors (Lipinski definition) is 0. The van der Waals surface area contributed by atoms with Crippen LogP contribution >= 0.6 is 23.4 Å². The van der Waals surface area contributed by atoms with E-state index in [1.807, 2.05) is 19.1 Å². The first-order valence-corrected chi connectivity index (χ1v) is 11.1. The molecule has 2 heterocycles. The van der Waals surface area contributed by atoms with Crippen LogP contribution in [-0.2, 0) is 16.1 Å². The fraction of sp³-hybridized carbons (Fsp3) is 0.261. The van der Waals surface area contributed by atoms with Crippen LogP contribution in [0.1, 0.15) is 25.5 Å². The maximum absolute atomic E-state index is 12.2. The highest BCUT2D eigenvalue weighted by Gasteiger charge is 2.26. The van der Waals surface area contributed by atoms with Gasteiger partial charge in [-0.25, -0.2) is 4.79 Å². The van der Waals surface area contributed by atoms with Gasteiger partial charge >= 0.3 is 5.97 Å². The summed E-state index contributed by atoms with van der Waals surface area (Å²) in [5.74, 6) is -0.275. The van der Waals surface area contributed by atoms with Gasteiger partial charge in [0.05, 0.1) is 17.8 Å². The highest BCUT2D eigenvalue weighted by Crippen LogP contribution is 2.45. The van der Waals surface area contributed by atoms with Crippen molar-refractivity contribution in [2.24, 2.45) is 0 Å². The molecule has 0 unspecified atom stereocenters. The quantitative estimate of drug-likeness (QED) is 0.282. The number of hydrogen-bond acceptors (Lipinski definition) is 3. The smallest absolute Gasteiger partial charge is 0.331 e. The van der Waals surface area contributed by atoms with E-state index in [2.05, 4.69) is 41.2 Å². The number of carbonyl (C=O) groups is 1. The lowest BCUT2D eigenvalue weighted by Crippen LogP contribution is -2.11. The van der Waals surface area contributed by atoms with E-state index in [0.717, 1.165) is 36.2 Å². The molecular weight excluding hydrogens is 390 g/mol. The summed E-state index contributed by atoms with van der Waals surface area (Å²) in [4.78, 5) is 13.5. The molecule has 4 rings (SSSR count). The number of esters is 1. The molecule has 28 heavy (non-hydrogen) atoms. The van der Waals surface area contributed by atoms with Crippen molar-refractivity contribution in [2.45, 2.75) is 31.2 Å². The Morgan fingerprint density at radius 2 is 2.04 bits per heavy atom.